The SMILES string of the molecule is CCOc1cccc(CNc2nc[nH]c(=O)c2OC)c1. The summed E-state index contributed by atoms with van der Waals surface area (Å²) >= 11 is 0. The molecule has 0 unspecified atom stereocenters. The Morgan fingerprint density at radius 2 is 2.25 bits per heavy atom. The molecule has 2 aromatic rings. The largest absolute Gasteiger partial charge is 0.494 e. The van der Waals surface area contributed by atoms with E-state index in [2.05, 4.69) is 15.3 Å². The Kier molecular flexibility index (Phi) is 4.60. The Morgan fingerprint density at radius 3 is 3.00 bits per heavy atom. The average Bonchev–Trinajstić information content (AvgIpc) is 2.46. The third-order valence-electron chi connectivity index (χ3n) is 2.68. The van der Waals surface area contributed by atoms with Crippen LogP contribution >= 0.6 is 0 Å². The summed E-state index contributed by atoms with van der Waals surface area (Å²) in [5.41, 5.74) is 0.716. The molecule has 1 aromatic carbocycles. The lowest BCUT2D eigenvalue weighted by molar-refractivity contribution is 0.340. The van der Waals surface area contributed by atoms with Gasteiger partial charge in [0.1, 0.15) is 5.75 Å². The molecule has 0 saturated carbocycles. The van der Waals surface area contributed by atoms with Gasteiger partial charge in [0.25, 0.3) is 5.56 Å². The topological polar surface area (TPSA) is 76.2 Å². The van der Waals surface area contributed by atoms with Crippen molar-refractivity contribution in [3.8, 4) is 11.5 Å². The van der Waals surface area contributed by atoms with Gasteiger partial charge in [0.2, 0.25) is 5.75 Å². The summed E-state index contributed by atoms with van der Waals surface area (Å²) in [6.07, 6.45) is 1.34. The van der Waals surface area contributed by atoms with Crippen LogP contribution in [0.5, 0.6) is 11.5 Å². The highest BCUT2D eigenvalue weighted by Gasteiger charge is 2.08. The lowest BCUT2D eigenvalue weighted by atomic mass is 10.2. The van der Waals surface area contributed by atoms with E-state index >= 15 is 0 Å². The molecule has 106 valence electrons. The molecule has 2 N–H and O–H groups in total. The number of hydrogen-bond donors (Lipinski definition) is 2. The molecule has 0 atom stereocenters. The van der Waals surface area contributed by atoms with Crippen molar-refractivity contribution >= 4 is 5.82 Å². The molecular formula is C14H17N3O3. The van der Waals surface area contributed by atoms with Crippen molar-refractivity contribution in [2.24, 2.45) is 0 Å². The zero-order valence-electron chi connectivity index (χ0n) is 11.5. The van der Waals surface area contributed by atoms with Crippen LogP contribution in [-0.4, -0.2) is 23.7 Å². The zero-order chi connectivity index (χ0) is 14.4. The maximum atomic E-state index is 11.5. The second-order valence-electron chi connectivity index (χ2n) is 4.05. The van der Waals surface area contributed by atoms with E-state index in [0.29, 0.717) is 19.0 Å². The van der Waals surface area contributed by atoms with Crippen LogP contribution in [0.15, 0.2) is 35.4 Å². The van der Waals surface area contributed by atoms with Crippen molar-refractivity contribution in [2.45, 2.75) is 13.5 Å². The fraction of sp³-hybridized carbons (Fsp3) is 0.286. The molecule has 0 amide bonds. The minimum atomic E-state index is -0.312. The zero-order valence-corrected chi connectivity index (χ0v) is 11.5. The number of rotatable bonds is 6. The normalized spacial score (nSPS) is 10.1. The Morgan fingerprint density at radius 1 is 1.40 bits per heavy atom. The van der Waals surface area contributed by atoms with E-state index in [0.717, 1.165) is 11.3 Å². The number of H-pyrrole nitrogens is 1. The van der Waals surface area contributed by atoms with Crippen LogP contribution in [0.2, 0.25) is 0 Å². The second kappa shape index (κ2) is 6.60. The standard InChI is InChI=1S/C14H17N3O3/c1-3-20-11-6-4-5-10(7-11)8-15-13-12(19-2)14(18)17-9-16-13/h4-7,9H,3,8H2,1-2H3,(H2,15,16,17,18). The van der Waals surface area contributed by atoms with Gasteiger partial charge in [0.05, 0.1) is 20.0 Å². The van der Waals surface area contributed by atoms with Crippen LogP contribution in [0.4, 0.5) is 5.82 Å². The third kappa shape index (κ3) is 3.28. The summed E-state index contributed by atoms with van der Waals surface area (Å²) < 4.78 is 10.5. The number of methoxy groups -OCH3 is 1. The first kappa shape index (κ1) is 13.9. The van der Waals surface area contributed by atoms with Crippen molar-refractivity contribution < 1.29 is 9.47 Å². The average molecular weight is 275 g/mol. The summed E-state index contributed by atoms with van der Waals surface area (Å²) in [7, 11) is 1.44. The first-order valence-electron chi connectivity index (χ1n) is 6.32. The molecule has 0 saturated heterocycles. The predicted octanol–water partition coefficient (Wildman–Crippen LogP) is 1.79. The molecule has 20 heavy (non-hydrogen) atoms. The molecule has 6 nitrogen and oxygen atoms in total. The summed E-state index contributed by atoms with van der Waals surface area (Å²) in [5.74, 6) is 1.41. The van der Waals surface area contributed by atoms with E-state index in [1.807, 2.05) is 31.2 Å². The Balaban J connectivity index is 2.11. The molecule has 0 aliphatic rings. The lowest BCUT2D eigenvalue weighted by Gasteiger charge is -2.10. The second-order valence-corrected chi connectivity index (χ2v) is 4.05. The Bertz CT molecular complexity index is 625. The highest BCUT2D eigenvalue weighted by Crippen LogP contribution is 2.17. The first-order valence-corrected chi connectivity index (χ1v) is 6.32. The monoisotopic (exact) mass is 275 g/mol. The van der Waals surface area contributed by atoms with Crippen LogP contribution < -0.4 is 20.3 Å². The highest BCUT2D eigenvalue weighted by atomic mass is 16.5. The molecule has 2 rings (SSSR count). The number of aromatic nitrogens is 2. The molecule has 6 heteroatoms. The smallest absolute Gasteiger partial charge is 0.295 e. The number of hydrogen-bond acceptors (Lipinski definition) is 5. The maximum absolute atomic E-state index is 11.5. The van der Waals surface area contributed by atoms with Gasteiger partial charge >= 0.3 is 0 Å². The third-order valence-corrected chi connectivity index (χ3v) is 2.68. The first-order chi connectivity index (χ1) is 9.74. The molecule has 0 spiro atoms. The van der Waals surface area contributed by atoms with Crippen LogP contribution in [0.3, 0.4) is 0 Å². The summed E-state index contributed by atoms with van der Waals surface area (Å²) in [6, 6.07) is 7.73. The van der Waals surface area contributed by atoms with Crippen LogP contribution in [0.25, 0.3) is 0 Å². The lowest BCUT2D eigenvalue weighted by Crippen LogP contribution is -2.14. The van der Waals surface area contributed by atoms with E-state index in [-0.39, 0.29) is 11.3 Å². The molecule has 0 aliphatic carbocycles. The van der Waals surface area contributed by atoms with Gasteiger partial charge in [-0.2, -0.15) is 0 Å². The van der Waals surface area contributed by atoms with Gasteiger partial charge in [-0.05, 0) is 24.6 Å². The molecule has 1 heterocycles. The quantitative estimate of drug-likeness (QED) is 0.840. The van der Waals surface area contributed by atoms with E-state index in [9.17, 15) is 4.79 Å². The Hall–Kier alpha value is -2.50. The number of ether oxygens (including phenoxy) is 2. The van der Waals surface area contributed by atoms with Crippen LogP contribution in [0, 0.1) is 0 Å². The van der Waals surface area contributed by atoms with Gasteiger partial charge in [0.15, 0.2) is 5.82 Å². The summed E-state index contributed by atoms with van der Waals surface area (Å²) in [5, 5.41) is 3.08. The number of benzene rings is 1. The van der Waals surface area contributed by atoms with Gasteiger partial charge < -0.3 is 19.8 Å². The van der Waals surface area contributed by atoms with Crippen molar-refractivity contribution in [1.29, 1.82) is 0 Å². The van der Waals surface area contributed by atoms with E-state index in [1.54, 1.807) is 0 Å². The minimum Gasteiger partial charge on any atom is -0.494 e. The number of nitrogens with zero attached hydrogens (tertiary/aromatic N) is 1. The van der Waals surface area contributed by atoms with Crippen molar-refractivity contribution in [2.75, 3.05) is 19.0 Å². The molecule has 0 aliphatic heterocycles. The van der Waals surface area contributed by atoms with E-state index in [1.165, 1.54) is 13.4 Å². The molecule has 1 aromatic heterocycles. The molecule has 0 fully saturated rings. The predicted molar refractivity (Wildman–Crippen MR) is 76.3 cm³/mol. The minimum absolute atomic E-state index is 0.175. The Labute approximate surface area is 116 Å². The van der Waals surface area contributed by atoms with Crippen molar-refractivity contribution in [3.05, 3.63) is 46.5 Å². The van der Waals surface area contributed by atoms with Gasteiger partial charge in [0, 0.05) is 6.54 Å². The van der Waals surface area contributed by atoms with Gasteiger partial charge in [-0.1, -0.05) is 12.1 Å². The van der Waals surface area contributed by atoms with Crippen LogP contribution in [0.1, 0.15) is 12.5 Å². The van der Waals surface area contributed by atoms with Crippen LogP contribution in [-0.2, 0) is 6.54 Å². The molecular weight excluding hydrogens is 258 g/mol. The molecule has 0 radical (unpaired) electrons. The van der Waals surface area contributed by atoms with E-state index in [4.69, 9.17) is 9.47 Å². The number of anilines is 1. The number of nitrogens with one attached hydrogen (secondary N) is 2. The van der Waals surface area contributed by atoms with Gasteiger partial charge in [-0.15, -0.1) is 0 Å². The fourth-order valence-electron chi connectivity index (χ4n) is 1.80. The fourth-order valence-corrected chi connectivity index (χ4v) is 1.80. The van der Waals surface area contributed by atoms with E-state index < -0.39 is 0 Å². The maximum Gasteiger partial charge on any atom is 0.295 e. The summed E-state index contributed by atoms with van der Waals surface area (Å²) in [6.45, 7) is 3.09. The van der Waals surface area contributed by atoms with Gasteiger partial charge in [-0.3, -0.25) is 4.79 Å². The molecule has 0 bridgehead atoms. The number of aromatic amines is 1. The summed E-state index contributed by atoms with van der Waals surface area (Å²) in [4.78, 5) is 18.1. The van der Waals surface area contributed by atoms with Crippen molar-refractivity contribution in [1.82, 2.24) is 9.97 Å². The van der Waals surface area contributed by atoms with Crippen molar-refractivity contribution in [3.63, 3.8) is 0 Å². The van der Waals surface area contributed by atoms with Gasteiger partial charge in [-0.25, -0.2) is 4.98 Å². The highest BCUT2D eigenvalue weighted by molar-refractivity contribution is 5.48.